The maximum atomic E-state index is 13.2. The zero-order valence-electron chi connectivity index (χ0n) is 13.5. The van der Waals surface area contributed by atoms with Gasteiger partial charge in [-0.1, -0.05) is 36.4 Å². The maximum absolute atomic E-state index is 13.2. The van der Waals surface area contributed by atoms with Gasteiger partial charge in [0.15, 0.2) is 5.69 Å². The largest absolute Gasteiger partial charge is 0.380 e. The van der Waals surface area contributed by atoms with Gasteiger partial charge in [0, 0.05) is 0 Å². The predicted molar refractivity (Wildman–Crippen MR) is 89.9 cm³/mol. The molecule has 0 radical (unpaired) electrons. The van der Waals surface area contributed by atoms with Gasteiger partial charge in [-0.25, -0.2) is 9.24 Å². The molecule has 0 amide bonds. The van der Waals surface area contributed by atoms with E-state index in [1.165, 1.54) is 12.1 Å². The SMILES string of the molecule is [C-]#[N+]c1ccc(C(O)(CCCN(C)C)c2ccc(F)cc2)cc1. The van der Waals surface area contributed by atoms with Crippen molar-refractivity contribution in [2.75, 3.05) is 20.6 Å². The van der Waals surface area contributed by atoms with Crippen molar-refractivity contribution in [2.45, 2.75) is 18.4 Å². The predicted octanol–water partition coefficient (Wildman–Crippen LogP) is 3.95. The van der Waals surface area contributed by atoms with E-state index in [2.05, 4.69) is 9.74 Å². The van der Waals surface area contributed by atoms with E-state index in [0.29, 0.717) is 17.7 Å². The fourth-order valence-corrected chi connectivity index (χ4v) is 2.64. The molecule has 2 aromatic carbocycles. The van der Waals surface area contributed by atoms with Crippen molar-refractivity contribution in [3.63, 3.8) is 0 Å². The van der Waals surface area contributed by atoms with Crippen LogP contribution in [0.5, 0.6) is 0 Å². The number of rotatable bonds is 6. The van der Waals surface area contributed by atoms with Gasteiger partial charge in [-0.15, -0.1) is 0 Å². The number of aliphatic hydroxyl groups is 1. The van der Waals surface area contributed by atoms with Crippen LogP contribution < -0.4 is 0 Å². The Hall–Kier alpha value is -2.22. The van der Waals surface area contributed by atoms with E-state index in [1.54, 1.807) is 36.4 Å². The highest BCUT2D eigenvalue weighted by atomic mass is 19.1. The van der Waals surface area contributed by atoms with E-state index in [4.69, 9.17) is 6.57 Å². The Morgan fingerprint density at radius 1 is 1.04 bits per heavy atom. The van der Waals surface area contributed by atoms with Crippen LogP contribution in [0.2, 0.25) is 0 Å². The first-order valence-corrected chi connectivity index (χ1v) is 7.57. The van der Waals surface area contributed by atoms with Crippen molar-refractivity contribution in [3.05, 3.63) is 76.9 Å². The Morgan fingerprint density at radius 3 is 2.04 bits per heavy atom. The fraction of sp³-hybridized carbons (Fsp3) is 0.316. The standard InChI is InChI=1S/C19H21FN2O/c1-21-18-11-7-16(8-12-18)19(23,13-4-14-22(2)3)15-5-9-17(20)10-6-15/h5-12,23H,4,13-14H2,2-3H3. The first kappa shape index (κ1) is 17.1. The molecular weight excluding hydrogens is 291 g/mol. The lowest BCUT2D eigenvalue weighted by atomic mass is 9.82. The smallest absolute Gasteiger partial charge is 0.187 e. The van der Waals surface area contributed by atoms with Crippen LogP contribution >= 0.6 is 0 Å². The minimum absolute atomic E-state index is 0.326. The van der Waals surface area contributed by atoms with Crippen molar-refractivity contribution in [3.8, 4) is 0 Å². The molecule has 2 aromatic rings. The Balaban J connectivity index is 2.36. The summed E-state index contributed by atoms with van der Waals surface area (Å²) in [5.74, 6) is -0.326. The molecule has 0 saturated heterocycles. The van der Waals surface area contributed by atoms with Crippen molar-refractivity contribution < 1.29 is 9.50 Å². The monoisotopic (exact) mass is 312 g/mol. The van der Waals surface area contributed by atoms with E-state index < -0.39 is 5.60 Å². The first-order valence-electron chi connectivity index (χ1n) is 7.57. The average Bonchev–Trinajstić information content (AvgIpc) is 2.55. The fourth-order valence-electron chi connectivity index (χ4n) is 2.64. The third-order valence-corrected chi connectivity index (χ3v) is 3.94. The van der Waals surface area contributed by atoms with Gasteiger partial charge in [-0.2, -0.15) is 0 Å². The summed E-state index contributed by atoms with van der Waals surface area (Å²) in [5.41, 5.74) is 0.719. The summed E-state index contributed by atoms with van der Waals surface area (Å²) in [7, 11) is 3.98. The second-order valence-electron chi connectivity index (χ2n) is 5.93. The molecule has 0 bridgehead atoms. The minimum Gasteiger partial charge on any atom is -0.380 e. The molecule has 1 atom stereocenters. The molecule has 0 spiro atoms. The van der Waals surface area contributed by atoms with Gasteiger partial charge in [0.1, 0.15) is 11.4 Å². The number of hydrogen-bond donors (Lipinski definition) is 1. The quantitative estimate of drug-likeness (QED) is 0.818. The summed E-state index contributed by atoms with van der Waals surface area (Å²) in [5, 5.41) is 11.3. The van der Waals surface area contributed by atoms with Crippen LogP contribution in [0.4, 0.5) is 10.1 Å². The molecule has 0 saturated carbocycles. The second-order valence-corrected chi connectivity index (χ2v) is 5.93. The Labute approximate surface area is 136 Å². The van der Waals surface area contributed by atoms with Crippen LogP contribution in [-0.4, -0.2) is 30.6 Å². The summed E-state index contributed by atoms with van der Waals surface area (Å²) in [6, 6.07) is 12.9. The normalized spacial score (nSPS) is 13.6. The molecule has 0 fully saturated rings. The molecule has 0 aliphatic carbocycles. The molecule has 120 valence electrons. The third-order valence-electron chi connectivity index (χ3n) is 3.94. The third kappa shape index (κ3) is 4.16. The summed E-state index contributed by atoms with van der Waals surface area (Å²) in [6.45, 7) is 7.88. The van der Waals surface area contributed by atoms with Crippen LogP contribution in [0, 0.1) is 12.4 Å². The molecule has 4 heteroatoms. The minimum atomic E-state index is -1.19. The van der Waals surface area contributed by atoms with Gasteiger partial charge >= 0.3 is 0 Å². The molecule has 1 unspecified atom stereocenters. The van der Waals surface area contributed by atoms with E-state index in [-0.39, 0.29) is 5.82 Å². The topological polar surface area (TPSA) is 27.8 Å². The van der Waals surface area contributed by atoms with E-state index in [9.17, 15) is 9.50 Å². The van der Waals surface area contributed by atoms with Crippen LogP contribution in [0.1, 0.15) is 24.0 Å². The second kappa shape index (κ2) is 7.36. The summed E-state index contributed by atoms with van der Waals surface area (Å²) in [6.07, 6.45) is 1.32. The summed E-state index contributed by atoms with van der Waals surface area (Å²) >= 11 is 0. The van der Waals surface area contributed by atoms with Crippen molar-refractivity contribution in [1.82, 2.24) is 4.90 Å². The summed E-state index contributed by atoms with van der Waals surface area (Å²) < 4.78 is 13.2. The van der Waals surface area contributed by atoms with Crippen molar-refractivity contribution >= 4 is 5.69 Å². The molecule has 3 nitrogen and oxygen atoms in total. The highest BCUT2D eigenvalue weighted by molar-refractivity contribution is 5.48. The number of benzene rings is 2. The molecule has 0 heterocycles. The van der Waals surface area contributed by atoms with Gasteiger partial charge < -0.3 is 10.0 Å². The molecule has 0 aliphatic rings. The number of hydrogen-bond acceptors (Lipinski definition) is 2. The molecule has 0 aromatic heterocycles. The van der Waals surface area contributed by atoms with E-state index in [0.717, 1.165) is 18.5 Å². The van der Waals surface area contributed by atoms with Gasteiger partial charge in [-0.05, 0) is 56.7 Å². The Morgan fingerprint density at radius 2 is 1.57 bits per heavy atom. The number of halogens is 1. The van der Waals surface area contributed by atoms with Gasteiger partial charge in [0.05, 0.1) is 6.57 Å². The maximum Gasteiger partial charge on any atom is 0.187 e. The Bertz CT molecular complexity index is 674. The lowest BCUT2D eigenvalue weighted by Gasteiger charge is -2.30. The zero-order chi connectivity index (χ0) is 16.9. The van der Waals surface area contributed by atoms with Crippen LogP contribution in [0.25, 0.3) is 4.85 Å². The van der Waals surface area contributed by atoms with Crippen molar-refractivity contribution in [1.29, 1.82) is 0 Å². The summed E-state index contributed by atoms with van der Waals surface area (Å²) in [4.78, 5) is 5.44. The van der Waals surface area contributed by atoms with Crippen LogP contribution in [-0.2, 0) is 5.60 Å². The average molecular weight is 312 g/mol. The van der Waals surface area contributed by atoms with Crippen LogP contribution in [0.15, 0.2) is 48.5 Å². The molecule has 2 rings (SSSR count). The Kier molecular flexibility index (Phi) is 5.49. The molecular formula is C19H21FN2O. The van der Waals surface area contributed by atoms with E-state index >= 15 is 0 Å². The van der Waals surface area contributed by atoms with Gasteiger partial charge in [0.25, 0.3) is 0 Å². The lowest BCUT2D eigenvalue weighted by Crippen LogP contribution is -2.28. The lowest BCUT2D eigenvalue weighted by molar-refractivity contribution is 0.0664. The highest BCUT2D eigenvalue weighted by Gasteiger charge is 2.31. The van der Waals surface area contributed by atoms with Crippen LogP contribution in [0.3, 0.4) is 0 Å². The van der Waals surface area contributed by atoms with E-state index in [1.807, 2.05) is 14.1 Å². The molecule has 0 aliphatic heterocycles. The molecule has 1 N–H and O–H groups in total. The molecule has 23 heavy (non-hydrogen) atoms. The number of nitrogens with zero attached hydrogens (tertiary/aromatic N) is 2. The highest BCUT2D eigenvalue weighted by Crippen LogP contribution is 2.35. The van der Waals surface area contributed by atoms with Gasteiger partial charge in [0.2, 0.25) is 0 Å². The van der Waals surface area contributed by atoms with Crippen molar-refractivity contribution in [2.24, 2.45) is 0 Å². The van der Waals surface area contributed by atoms with Gasteiger partial charge in [-0.3, -0.25) is 0 Å². The zero-order valence-corrected chi connectivity index (χ0v) is 13.5. The first-order chi connectivity index (χ1) is 11.0.